The van der Waals surface area contributed by atoms with Gasteiger partial charge in [-0.2, -0.15) is 4.98 Å². The zero-order valence-electron chi connectivity index (χ0n) is 8.18. The summed E-state index contributed by atoms with van der Waals surface area (Å²) in [5, 5.41) is 0. The Morgan fingerprint density at radius 3 is 3.00 bits per heavy atom. The van der Waals surface area contributed by atoms with E-state index < -0.39 is 0 Å². The van der Waals surface area contributed by atoms with Crippen molar-refractivity contribution in [2.24, 2.45) is 0 Å². The molecular formula is C9H14N4O. The second-order valence-corrected chi connectivity index (χ2v) is 3.68. The van der Waals surface area contributed by atoms with Crippen molar-refractivity contribution in [1.82, 2.24) is 14.5 Å². The van der Waals surface area contributed by atoms with Crippen molar-refractivity contribution >= 4 is 5.69 Å². The highest BCUT2D eigenvalue weighted by Crippen LogP contribution is 2.24. The summed E-state index contributed by atoms with van der Waals surface area (Å²) in [5.41, 5.74) is 5.39. The number of nitrogen functional groups attached to an aromatic ring is 1. The van der Waals surface area contributed by atoms with Crippen molar-refractivity contribution in [1.29, 1.82) is 0 Å². The van der Waals surface area contributed by atoms with E-state index in [9.17, 15) is 4.79 Å². The maximum atomic E-state index is 11.0. The van der Waals surface area contributed by atoms with E-state index in [1.165, 1.54) is 6.42 Å². The summed E-state index contributed by atoms with van der Waals surface area (Å²) in [6.45, 7) is 1.08. The van der Waals surface area contributed by atoms with Crippen LogP contribution < -0.4 is 11.3 Å². The minimum absolute atomic E-state index is 0.216. The summed E-state index contributed by atoms with van der Waals surface area (Å²) in [5.74, 6) is 0. The first-order valence-electron chi connectivity index (χ1n) is 4.72. The Labute approximate surface area is 82.2 Å². The fourth-order valence-electron chi connectivity index (χ4n) is 1.88. The lowest BCUT2D eigenvalue weighted by Crippen LogP contribution is -2.25. The van der Waals surface area contributed by atoms with E-state index in [1.54, 1.807) is 12.5 Å². The molecule has 0 aromatic carbocycles. The number of rotatable bonds is 1. The van der Waals surface area contributed by atoms with Crippen LogP contribution in [-0.2, 0) is 0 Å². The van der Waals surface area contributed by atoms with Gasteiger partial charge in [0.1, 0.15) is 12.0 Å². The molecule has 14 heavy (non-hydrogen) atoms. The molecule has 1 saturated heterocycles. The van der Waals surface area contributed by atoms with Crippen LogP contribution in [-0.4, -0.2) is 28.0 Å². The molecule has 0 spiro atoms. The van der Waals surface area contributed by atoms with Crippen LogP contribution in [0.15, 0.2) is 17.3 Å². The lowest BCUT2D eigenvalue weighted by molar-refractivity contribution is 0.235. The van der Waals surface area contributed by atoms with Crippen LogP contribution in [0.1, 0.15) is 19.0 Å². The molecule has 2 heterocycles. The van der Waals surface area contributed by atoms with Crippen LogP contribution in [0.25, 0.3) is 0 Å². The summed E-state index contributed by atoms with van der Waals surface area (Å²) < 4.78 is 1.91. The quantitative estimate of drug-likeness (QED) is 0.686. The minimum Gasteiger partial charge on any atom is -0.393 e. The van der Waals surface area contributed by atoms with E-state index in [0.29, 0.717) is 6.17 Å². The largest absolute Gasteiger partial charge is 0.393 e. The van der Waals surface area contributed by atoms with E-state index in [2.05, 4.69) is 16.9 Å². The smallest absolute Gasteiger partial charge is 0.295 e. The Morgan fingerprint density at radius 1 is 1.64 bits per heavy atom. The molecule has 76 valence electrons. The van der Waals surface area contributed by atoms with E-state index in [1.807, 2.05) is 4.57 Å². The molecule has 0 aliphatic carbocycles. The fourth-order valence-corrected chi connectivity index (χ4v) is 1.88. The second-order valence-electron chi connectivity index (χ2n) is 3.68. The van der Waals surface area contributed by atoms with E-state index in [4.69, 9.17) is 5.73 Å². The Balaban J connectivity index is 2.32. The van der Waals surface area contributed by atoms with Crippen LogP contribution in [0.2, 0.25) is 0 Å². The SMILES string of the molecule is CN1CCCC1n1cnc(=O)c(N)c1. The summed E-state index contributed by atoms with van der Waals surface area (Å²) in [6.07, 6.45) is 5.78. The van der Waals surface area contributed by atoms with Crippen LogP contribution in [0.4, 0.5) is 5.69 Å². The van der Waals surface area contributed by atoms with Crippen molar-refractivity contribution in [3.8, 4) is 0 Å². The monoisotopic (exact) mass is 194 g/mol. The number of nitrogens with two attached hydrogens (primary N) is 1. The van der Waals surface area contributed by atoms with Gasteiger partial charge in [-0.05, 0) is 26.4 Å². The number of hydrogen-bond acceptors (Lipinski definition) is 4. The van der Waals surface area contributed by atoms with Gasteiger partial charge in [0.25, 0.3) is 5.56 Å². The zero-order valence-corrected chi connectivity index (χ0v) is 8.18. The molecule has 1 fully saturated rings. The van der Waals surface area contributed by atoms with E-state index in [-0.39, 0.29) is 11.2 Å². The number of aromatic nitrogens is 2. The van der Waals surface area contributed by atoms with Gasteiger partial charge in [-0.3, -0.25) is 9.69 Å². The lowest BCUT2D eigenvalue weighted by Gasteiger charge is -2.22. The van der Waals surface area contributed by atoms with Gasteiger partial charge in [-0.25, -0.2) is 0 Å². The predicted molar refractivity (Wildman–Crippen MR) is 53.8 cm³/mol. The molecule has 0 saturated carbocycles. The van der Waals surface area contributed by atoms with Gasteiger partial charge < -0.3 is 10.3 Å². The zero-order chi connectivity index (χ0) is 10.1. The highest BCUT2D eigenvalue weighted by Gasteiger charge is 2.21. The topological polar surface area (TPSA) is 64.2 Å². The van der Waals surface area contributed by atoms with Gasteiger partial charge >= 0.3 is 0 Å². The molecule has 1 unspecified atom stereocenters. The average molecular weight is 194 g/mol. The van der Waals surface area contributed by atoms with Crippen molar-refractivity contribution in [2.45, 2.75) is 19.0 Å². The molecule has 0 bridgehead atoms. The summed E-state index contributed by atoms with van der Waals surface area (Å²) in [6, 6.07) is 0. The molecule has 1 aliphatic rings. The van der Waals surface area contributed by atoms with Crippen molar-refractivity contribution in [2.75, 3.05) is 19.3 Å². The molecule has 0 amide bonds. The maximum absolute atomic E-state index is 11.0. The fraction of sp³-hybridized carbons (Fsp3) is 0.556. The molecule has 1 aromatic heterocycles. The molecule has 1 aliphatic heterocycles. The van der Waals surface area contributed by atoms with Gasteiger partial charge in [-0.15, -0.1) is 0 Å². The lowest BCUT2D eigenvalue weighted by atomic mass is 10.3. The number of nitrogens with zero attached hydrogens (tertiary/aromatic N) is 3. The first-order chi connectivity index (χ1) is 6.68. The third-order valence-corrected chi connectivity index (χ3v) is 2.67. The van der Waals surface area contributed by atoms with Crippen LogP contribution in [0.5, 0.6) is 0 Å². The molecule has 2 N–H and O–H groups in total. The summed E-state index contributed by atoms with van der Waals surface area (Å²) >= 11 is 0. The Hall–Kier alpha value is -1.36. The van der Waals surface area contributed by atoms with Crippen LogP contribution >= 0.6 is 0 Å². The molecule has 1 atom stereocenters. The normalized spacial score (nSPS) is 22.8. The number of anilines is 1. The second kappa shape index (κ2) is 3.42. The first-order valence-corrected chi connectivity index (χ1v) is 4.72. The summed E-state index contributed by atoms with van der Waals surface area (Å²) in [7, 11) is 2.06. The van der Waals surface area contributed by atoms with Gasteiger partial charge in [0.15, 0.2) is 0 Å². The maximum Gasteiger partial charge on any atom is 0.295 e. The number of likely N-dealkylation sites (tertiary alicyclic amines) is 1. The highest BCUT2D eigenvalue weighted by molar-refractivity contribution is 5.30. The predicted octanol–water partition coefficient (Wildman–Crippen LogP) is 0.0497. The number of hydrogen-bond donors (Lipinski definition) is 1. The van der Waals surface area contributed by atoms with Gasteiger partial charge in [0.2, 0.25) is 0 Å². The van der Waals surface area contributed by atoms with Gasteiger partial charge in [-0.1, -0.05) is 0 Å². The molecule has 2 rings (SSSR count). The highest BCUT2D eigenvalue weighted by atomic mass is 16.1. The standard InChI is InChI=1S/C9H14N4O/c1-12-4-2-3-8(12)13-5-7(10)9(14)11-6-13/h5-6,8H,2-4,10H2,1H3. The minimum atomic E-state index is -0.345. The molecule has 5 heteroatoms. The Bertz CT molecular complexity index is 387. The molecule has 1 aromatic rings. The van der Waals surface area contributed by atoms with Crippen LogP contribution in [0.3, 0.4) is 0 Å². The van der Waals surface area contributed by atoms with Crippen molar-refractivity contribution in [3.63, 3.8) is 0 Å². The molecule has 5 nitrogen and oxygen atoms in total. The van der Waals surface area contributed by atoms with E-state index >= 15 is 0 Å². The Kier molecular flexibility index (Phi) is 2.25. The third kappa shape index (κ3) is 1.50. The Morgan fingerprint density at radius 2 is 2.43 bits per heavy atom. The first kappa shape index (κ1) is 9.21. The summed E-state index contributed by atoms with van der Waals surface area (Å²) in [4.78, 5) is 16.9. The van der Waals surface area contributed by atoms with Gasteiger partial charge in [0, 0.05) is 6.20 Å². The van der Waals surface area contributed by atoms with Crippen molar-refractivity contribution < 1.29 is 0 Å². The van der Waals surface area contributed by atoms with Gasteiger partial charge in [0.05, 0.1) is 6.17 Å². The van der Waals surface area contributed by atoms with E-state index in [0.717, 1.165) is 13.0 Å². The van der Waals surface area contributed by atoms with Crippen molar-refractivity contribution in [3.05, 3.63) is 22.9 Å². The third-order valence-electron chi connectivity index (χ3n) is 2.67. The molecular weight excluding hydrogens is 180 g/mol. The van der Waals surface area contributed by atoms with Crippen LogP contribution in [0, 0.1) is 0 Å². The average Bonchev–Trinajstić information content (AvgIpc) is 2.57. The molecule has 0 radical (unpaired) electrons.